The molecule has 2 N–H and O–H groups in total. The van der Waals surface area contributed by atoms with Crippen LogP contribution >= 0.6 is 0 Å². The van der Waals surface area contributed by atoms with E-state index in [0.29, 0.717) is 13.0 Å². The molecule has 78 valence electrons. The van der Waals surface area contributed by atoms with E-state index in [1.165, 1.54) is 6.92 Å². The van der Waals surface area contributed by atoms with Crippen LogP contribution in [0.15, 0.2) is 0 Å². The van der Waals surface area contributed by atoms with E-state index in [2.05, 4.69) is 0 Å². The van der Waals surface area contributed by atoms with Crippen molar-refractivity contribution >= 4 is 0 Å². The molecule has 4 heteroatoms. The number of ether oxygens (including phenoxy) is 1. The Hall–Kier alpha value is -0.220. The maximum Gasteiger partial charge on any atom is 0.256 e. The molecular formula is C9H17F2NO. The van der Waals surface area contributed by atoms with Crippen LogP contribution in [0.3, 0.4) is 0 Å². The summed E-state index contributed by atoms with van der Waals surface area (Å²) in [5.41, 5.74) is 4.13. The van der Waals surface area contributed by atoms with E-state index in [4.69, 9.17) is 10.5 Å². The zero-order valence-corrected chi connectivity index (χ0v) is 7.93. The van der Waals surface area contributed by atoms with Gasteiger partial charge in [-0.15, -0.1) is 0 Å². The second kappa shape index (κ2) is 4.33. The summed E-state index contributed by atoms with van der Waals surface area (Å²) >= 11 is 0. The lowest BCUT2D eigenvalue weighted by atomic mass is 9.87. The van der Waals surface area contributed by atoms with Gasteiger partial charge in [0.15, 0.2) is 0 Å². The molecular weight excluding hydrogens is 176 g/mol. The largest absolute Gasteiger partial charge is 0.381 e. The highest BCUT2D eigenvalue weighted by Crippen LogP contribution is 2.26. The molecule has 1 fully saturated rings. The minimum absolute atomic E-state index is 0.206. The topological polar surface area (TPSA) is 35.2 Å². The van der Waals surface area contributed by atoms with Crippen LogP contribution in [0.1, 0.15) is 26.2 Å². The van der Waals surface area contributed by atoms with E-state index >= 15 is 0 Å². The summed E-state index contributed by atoms with van der Waals surface area (Å²) in [5.74, 6) is 0.206. The molecule has 0 saturated carbocycles. The van der Waals surface area contributed by atoms with Gasteiger partial charge in [0, 0.05) is 13.2 Å². The van der Waals surface area contributed by atoms with Gasteiger partial charge in [0.25, 0.3) is 6.43 Å². The van der Waals surface area contributed by atoms with Crippen molar-refractivity contribution in [1.82, 2.24) is 0 Å². The Labute approximate surface area is 77.4 Å². The van der Waals surface area contributed by atoms with Crippen LogP contribution < -0.4 is 5.73 Å². The highest BCUT2D eigenvalue weighted by Gasteiger charge is 2.33. The molecule has 2 unspecified atom stereocenters. The minimum Gasteiger partial charge on any atom is -0.381 e. The van der Waals surface area contributed by atoms with E-state index < -0.39 is 12.0 Å². The maximum atomic E-state index is 12.4. The van der Waals surface area contributed by atoms with Crippen molar-refractivity contribution in [1.29, 1.82) is 0 Å². The molecule has 0 radical (unpaired) electrons. The minimum atomic E-state index is -2.45. The molecule has 0 bridgehead atoms. The summed E-state index contributed by atoms with van der Waals surface area (Å²) in [6.07, 6.45) is -0.178. The summed E-state index contributed by atoms with van der Waals surface area (Å²) in [4.78, 5) is 0. The van der Waals surface area contributed by atoms with Crippen molar-refractivity contribution < 1.29 is 13.5 Å². The predicted octanol–water partition coefficient (Wildman–Crippen LogP) is 1.79. The van der Waals surface area contributed by atoms with Gasteiger partial charge in [0.2, 0.25) is 0 Å². The summed E-state index contributed by atoms with van der Waals surface area (Å²) in [6.45, 7) is 2.75. The van der Waals surface area contributed by atoms with Gasteiger partial charge in [0.1, 0.15) is 0 Å². The molecule has 0 aliphatic carbocycles. The first-order valence-electron chi connectivity index (χ1n) is 4.67. The zero-order chi connectivity index (χ0) is 9.90. The first kappa shape index (κ1) is 10.9. The molecule has 2 nitrogen and oxygen atoms in total. The average Bonchev–Trinajstić information content (AvgIpc) is 2.05. The number of alkyl halides is 2. The third kappa shape index (κ3) is 3.19. The van der Waals surface area contributed by atoms with Gasteiger partial charge < -0.3 is 10.5 Å². The quantitative estimate of drug-likeness (QED) is 0.741. The van der Waals surface area contributed by atoms with E-state index in [0.717, 1.165) is 19.4 Å². The Morgan fingerprint density at radius 3 is 2.77 bits per heavy atom. The first-order chi connectivity index (χ1) is 6.02. The standard InChI is InChI=1S/C9H17F2NO/c1-9(12,8(10)11)5-7-3-2-4-13-6-7/h7-8H,2-6,12H2,1H3. The predicted molar refractivity (Wildman–Crippen MR) is 46.8 cm³/mol. The van der Waals surface area contributed by atoms with E-state index in [1.54, 1.807) is 0 Å². The number of hydrogen-bond donors (Lipinski definition) is 1. The van der Waals surface area contributed by atoms with Gasteiger partial charge in [-0.25, -0.2) is 8.78 Å². The fourth-order valence-corrected chi connectivity index (χ4v) is 1.68. The van der Waals surface area contributed by atoms with Crippen molar-refractivity contribution in [3.8, 4) is 0 Å². The van der Waals surface area contributed by atoms with Gasteiger partial charge in [-0.3, -0.25) is 0 Å². The molecule has 1 aliphatic rings. The smallest absolute Gasteiger partial charge is 0.256 e. The van der Waals surface area contributed by atoms with Crippen LogP contribution in [0.2, 0.25) is 0 Å². The molecule has 1 aliphatic heterocycles. The number of nitrogens with two attached hydrogens (primary N) is 1. The molecule has 1 rings (SSSR count). The zero-order valence-electron chi connectivity index (χ0n) is 7.93. The Morgan fingerprint density at radius 1 is 1.62 bits per heavy atom. The van der Waals surface area contributed by atoms with Crippen LogP contribution in [0.5, 0.6) is 0 Å². The lowest BCUT2D eigenvalue weighted by Crippen LogP contribution is -2.46. The molecule has 0 aromatic heterocycles. The van der Waals surface area contributed by atoms with Crippen LogP contribution in [-0.4, -0.2) is 25.2 Å². The molecule has 13 heavy (non-hydrogen) atoms. The SMILES string of the molecule is CC(N)(CC1CCCOC1)C(F)F. The van der Waals surface area contributed by atoms with E-state index in [9.17, 15) is 8.78 Å². The molecule has 0 aromatic carbocycles. The molecule has 0 amide bonds. The van der Waals surface area contributed by atoms with Gasteiger partial charge >= 0.3 is 0 Å². The van der Waals surface area contributed by atoms with E-state index in [1.807, 2.05) is 0 Å². The van der Waals surface area contributed by atoms with Crippen LogP contribution in [0.4, 0.5) is 8.78 Å². The lowest BCUT2D eigenvalue weighted by Gasteiger charge is -2.30. The Kier molecular flexibility index (Phi) is 3.62. The number of halogens is 2. The highest BCUT2D eigenvalue weighted by molar-refractivity contribution is 4.85. The van der Waals surface area contributed by atoms with Crippen molar-refractivity contribution in [3.05, 3.63) is 0 Å². The lowest BCUT2D eigenvalue weighted by molar-refractivity contribution is 0.00858. The summed E-state index contributed by atoms with van der Waals surface area (Å²) in [6, 6.07) is 0. The van der Waals surface area contributed by atoms with Crippen LogP contribution in [-0.2, 0) is 4.74 Å². The summed E-state index contributed by atoms with van der Waals surface area (Å²) < 4.78 is 30.0. The average molecular weight is 193 g/mol. The Bertz CT molecular complexity index is 156. The van der Waals surface area contributed by atoms with E-state index in [-0.39, 0.29) is 5.92 Å². The van der Waals surface area contributed by atoms with Crippen molar-refractivity contribution in [2.24, 2.45) is 11.7 Å². The molecule has 0 aromatic rings. The fourth-order valence-electron chi connectivity index (χ4n) is 1.68. The fraction of sp³-hybridized carbons (Fsp3) is 1.00. The van der Waals surface area contributed by atoms with Gasteiger partial charge in [0.05, 0.1) is 5.54 Å². The van der Waals surface area contributed by atoms with Crippen molar-refractivity contribution in [2.45, 2.75) is 38.2 Å². The van der Waals surface area contributed by atoms with Crippen molar-refractivity contribution in [3.63, 3.8) is 0 Å². The Balaban J connectivity index is 2.37. The summed E-state index contributed by atoms with van der Waals surface area (Å²) in [5, 5.41) is 0. The maximum absolute atomic E-state index is 12.4. The first-order valence-corrected chi connectivity index (χ1v) is 4.67. The molecule has 0 spiro atoms. The van der Waals surface area contributed by atoms with Gasteiger partial charge in [-0.1, -0.05) is 0 Å². The molecule has 1 heterocycles. The molecule has 2 atom stereocenters. The highest BCUT2D eigenvalue weighted by atomic mass is 19.3. The Morgan fingerprint density at radius 2 is 2.31 bits per heavy atom. The van der Waals surface area contributed by atoms with Gasteiger partial charge in [-0.05, 0) is 32.1 Å². The number of hydrogen-bond acceptors (Lipinski definition) is 2. The van der Waals surface area contributed by atoms with Crippen molar-refractivity contribution in [2.75, 3.05) is 13.2 Å². The third-order valence-electron chi connectivity index (χ3n) is 2.48. The summed E-state index contributed by atoms with van der Waals surface area (Å²) in [7, 11) is 0. The second-order valence-corrected chi connectivity index (χ2v) is 4.09. The molecule has 1 saturated heterocycles. The van der Waals surface area contributed by atoms with Crippen LogP contribution in [0, 0.1) is 5.92 Å². The van der Waals surface area contributed by atoms with Crippen LogP contribution in [0.25, 0.3) is 0 Å². The monoisotopic (exact) mass is 193 g/mol. The van der Waals surface area contributed by atoms with Gasteiger partial charge in [-0.2, -0.15) is 0 Å². The third-order valence-corrected chi connectivity index (χ3v) is 2.48. The normalized spacial score (nSPS) is 28.8. The second-order valence-electron chi connectivity index (χ2n) is 4.09. The number of rotatable bonds is 3.